The smallest absolute Gasteiger partial charge is 0.243 e. The molecule has 0 radical (unpaired) electrons. The van der Waals surface area contributed by atoms with E-state index in [1.54, 1.807) is 29.2 Å². The lowest BCUT2D eigenvalue weighted by Crippen LogP contribution is -2.48. The molecule has 2 saturated heterocycles. The van der Waals surface area contributed by atoms with E-state index in [2.05, 4.69) is 17.1 Å². The molecule has 0 aromatic heterocycles. The Balaban J connectivity index is 1.60. The predicted molar refractivity (Wildman–Crippen MR) is 125 cm³/mol. The van der Waals surface area contributed by atoms with Crippen molar-refractivity contribution < 1.29 is 18.0 Å². The Morgan fingerprint density at radius 1 is 1.03 bits per heavy atom. The van der Waals surface area contributed by atoms with Gasteiger partial charge in [0.15, 0.2) is 0 Å². The minimum Gasteiger partial charge on any atom is -0.341 e. The van der Waals surface area contributed by atoms with Crippen molar-refractivity contribution in [3.05, 3.63) is 24.3 Å². The van der Waals surface area contributed by atoms with Crippen LogP contribution < -0.4 is 5.32 Å². The second-order valence-electron chi connectivity index (χ2n) is 9.69. The molecule has 0 aliphatic carbocycles. The lowest BCUT2D eigenvalue weighted by molar-refractivity contribution is -0.142. The summed E-state index contributed by atoms with van der Waals surface area (Å²) in [4.78, 5) is 29.6. The summed E-state index contributed by atoms with van der Waals surface area (Å²) >= 11 is 0. The third-order valence-corrected chi connectivity index (χ3v) is 8.17. The van der Waals surface area contributed by atoms with Crippen LogP contribution in [0, 0.1) is 11.3 Å². The summed E-state index contributed by atoms with van der Waals surface area (Å²) in [6.07, 6.45) is 1.53. The van der Waals surface area contributed by atoms with Gasteiger partial charge < -0.3 is 15.1 Å². The average molecular weight is 465 g/mol. The fraction of sp³-hybridized carbons (Fsp3) is 0.652. The van der Waals surface area contributed by atoms with Crippen LogP contribution in [0.4, 0.5) is 5.69 Å². The van der Waals surface area contributed by atoms with E-state index in [4.69, 9.17) is 0 Å². The largest absolute Gasteiger partial charge is 0.341 e. The Hall–Kier alpha value is -1.97. The molecule has 0 saturated carbocycles. The summed E-state index contributed by atoms with van der Waals surface area (Å²) in [5.74, 6) is -0.347. The molecule has 1 aromatic rings. The maximum atomic E-state index is 12.9. The molecule has 9 heteroatoms. The highest BCUT2D eigenvalue weighted by molar-refractivity contribution is 7.89. The van der Waals surface area contributed by atoms with Crippen LogP contribution in [0.2, 0.25) is 0 Å². The van der Waals surface area contributed by atoms with Gasteiger partial charge in [-0.2, -0.15) is 4.31 Å². The van der Waals surface area contributed by atoms with Crippen molar-refractivity contribution in [1.29, 1.82) is 0 Å². The summed E-state index contributed by atoms with van der Waals surface area (Å²) in [6.45, 7) is 12.2. The van der Waals surface area contributed by atoms with Gasteiger partial charge in [0.2, 0.25) is 21.8 Å². The minimum absolute atomic E-state index is 0.0596. The number of likely N-dealkylation sites (N-methyl/N-ethyl adjacent to an activating group) is 1. The molecule has 2 aliphatic heterocycles. The zero-order valence-corrected chi connectivity index (χ0v) is 20.5. The Bertz CT molecular complexity index is 916. The molecular formula is C23H36N4O4S. The van der Waals surface area contributed by atoms with Gasteiger partial charge >= 0.3 is 0 Å². The number of benzene rings is 1. The minimum atomic E-state index is -3.54. The van der Waals surface area contributed by atoms with Crippen LogP contribution in [0.3, 0.4) is 0 Å². The molecule has 3 rings (SSSR count). The molecule has 0 bridgehead atoms. The van der Waals surface area contributed by atoms with Crippen molar-refractivity contribution in [2.45, 2.75) is 45.4 Å². The molecule has 1 aromatic carbocycles. The van der Waals surface area contributed by atoms with Crippen LogP contribution in [0.5, 0.6) is 0 Å². The van der Waals surface area contributed by atoms with Crippen LogP contribution in [0.25, 0.3) is 0 Å². The number of likely N-dealkylation sites (tertiary alicyclic amines) is 1. The summed E-state index contributed by atoms with van der Waals surface area (Å²) in [5, 5.41) is 2.89. The second-order valence-corrected chi connectivity index (χ2v) is 11.6. The van der Waals surface area contributed by atoms with Gasteiger partial charge in [-0.05, 0) is 43.7 Å². The Kier molecular flexibility index (Phi) is 7.62. The molecule has 2 amide bonds. The Morgan fingerprint density at radius 2 is 1.66 bits per heavy atom. The van der Waals surface area contributed by atoms with Crippen molar-refractivity contribution in [3.63, 3.8) is 0 Å². The number of nitrogens with one attached hydrogen (secondary N) is 1. The van der Waals surface area contributed by atoms with E-state index in [9.17, 15) is 18.0 Å². The van der Waals surface area contributed by atoms with Crippen molar-refractivity contribution in [3.8, 4) is 0 Å². The fourth-order valence-corrected chi connectivity index (χ4v) is 5.66. The van der Waals surface area contributed by atoms with Gasteiger partial charge in [0.25, 0.3) is 0 Å². The van der Waals surface area contributed by atoms with E-state index in [0.717, 1.165) is 32.5 Å². The number of carbonyl (C=O) groups is 2. The number of piperazine rings is 1. The number of rotatable bonds is 5. The van der Waals surface area contributed by atoms with Gasteiger partial charge in [0, 0.05) is 50.4 Å². The second kappa shape index (κ2) is 9.89. The topological polar surface area (TPSA) is 90.0 Å². The van der Waals surface area contributed by atoms with Gasteiger partial charge in [0.1, 0.15) is 0 Å². The molecule has 178 valence electrons. The van der Waals surface area contributed by atoms with Crippen molar-refractivity contribution in [2.75, 3.05) is 51.1 Å². The number of sulfonamides is 1. The quantitative estimate of drug-likeness (QED) is 0.722. The first-order chi connectivity index (χ1) is 15.0. The summed E-state index contributed by atoms with van der Waals surface area (Å²) < 4.78 is 27.4. The normalized spacial score (nSPS) is 21.4. The van der Waals surface area contributed by atoms with E-state index < -0.39 is 15.4 Å². The van der Waals surface area contributed by atoms with E-state index in [1.165, 1.54) is 4.31 Å². The zero-order valence-electron chi connectivity index (χ0n) is 19.6. The van der Waals surface area contributed by atoms with Gasteiger partial charge in [-0.25, -0.2) is 8.42 Å². The molecule has 1 N–H and O–H groups in total. The molecular weight excluding hydrogens is 428 g/mol. The maximum Gasteiger partial charge on any atom is 0.243 e. The first-order valence-corrected chi connectivity index (χ1v) is 12.9. The molecule has 1 unspecified atom stereocenters. The van der Waals surface area contributed by atoms with Gasteiger partial charge in [-0.15, -0.1) is 0 Å². The number of nitrogens with zero attached hydrogens (tertiary/aromatic N) is 3. The maximum absolute atomic E-state index is 12.9. The number of piperidine rings is 1. The number of anilines is 1. The van der Waals surface area contributed by atoms with Crippen molar-refractivity contribution >= 4 is 27.5 Å². The fourth-order valence-electron chi connectivity index (χ4n) is 4.24. The number of hydrogen-bond donors (Lipinski definition) is 1. The monoisotopic (exact) mass is 464 g/mol. The lowest BCUT2D eigenvalue weighted by Gasteiger charge is -2.35. The van der Waals surface area contributed by atoms with Crippen LogP contribution in [-0.4, -0.2) is 80.2 Å². The van der Waals surface area contributed by atoms with Crippen LogP contribution >= 0.6 is 0 Å². The first kappa shape index (κ1) is 24.7. The Labute approximate surface area is 192 Å². The van der Waals surface area contributed by atoms with Gasteiger partial charge in [-0.3, -0.25) is 9.59 Å². The molecule has 0 spiro atoms. The third kappa shape index (κ3) is 5.68. The summed E-state index contributed by atoms with van der Waals surface area (Å²) in [6, 6.07) is 6.36. The van der Waals surface area contributed by atoms with E-state index in [0.29, 0.717) is 31.9 Å². The van der Waals surface area contributed by atoms with Crippen molar-refractivity contribution in [1.82, 2.24) is 14.1 Å². The standard InChI is InChI=1S/C23H36N4O4S/c1-5-25-13-15-27(16-14-25)32(30,31)20-10-8-19(9-11-20)24-21(28)18-7-6-12-26(17-18)22(29)23(2,3)4/h8-11,18H,5-7,12-17H2,1-4H3,(H,24,28). The number of hydrogen-bond acceptors (Lipinski definition) is 5. The lowest BCUT2D eigenvalue weighted by atomic mass is 9.91. The molecule has 1 atom stereocenters. The van der Waals surface area contributed by atoms with Crippen LogP contribution in [0.1, 0.15) is 40.5 Å². The number of carbonyl (C=O) groups excluding carboxylic acids is 2. The summed E-state index contributed by atoms with van der Waals surface area (Å²) in [5.41, 5.74) is 0.0899. The SMILES string of the molecule is CCN1CCN(S(=O)(=O)c2ccc(NC(=O)C3CCCN(C(=O)C(C)(C)C)C3)cc2)CC1. The predicted octanol–water partition coefficient (Wildman–Crippen LogP) is 2.24. The molecule has 8 nitrogen and oxygen atoms in total. The Morgan fingerprint density at radius 3 is 2.22 bits per heavy atom. The first-order valence-electron chi connectivity index (χ1n) is 11.4. The number of amides is 2. The van der Waals surface area contributed by atoms with E-state index in [1.807, 2.05) is 20.8 Å². The van der Waals surface area contributed by atoms with E-state index in [-0.39, 0.29) is 22.6 Å². The van der Waals surface area contributed by atoms with E-state index >= 15 is 0 Å². The molecule has 2 heterocycles. The third-order valence-electron chi connectivity index (χ3n) is 6.26. The highest BCUT2D eigenvalue weighted by Gasteiger charge is 2.33. The van der Waals surface area contributed by atoms with Gasteiger partial charge in [0.05, 0.1) is 10.8 Å². The van der Waals surface area contributed by atoms with Crippen LogP contribution in [0.15, 0.2) is 29.2 Å². The van der Waals surface area contributed by atoms with Crippen molar-refractivity contribution in [2.24, 2.45) is 11.3 Å². The highest BCUT2D eigenvalue weighted by Crippen LogP contribution is 2.25. The highest BCUT2D eigenvalue weighted by atomic mass is 32.2. The van der Waals surface area contributed by atoms with Crippen LogP contribution in [-0.2, 0) is 19.6 Å². The summed E-state index contributed by atoms with van der Waals surface area (Å²) in [7, 11) is -3.54. The zero-order chi connectivity index (χ0) is 23.5. The van der Waals surface area contributed by atoms with Gasteiger partial charge in [-0.1, -0.05) is 27.7 Å². The molecule has 2 fully saturated rings. The molecule has 32 heavy (non-hydrogen) atoms. The average Bonchev–Trinajstić information content (AvgIpc) is 2.78. The molecule has 2 aliphatic rings.